The topological polar surface area (TPSA) is 96.0 Å². The second-order valence-corrected chi connectivity index (χ2v) is 13.1. The number of hydrogen-bond acceptors (Lipinski definition) is 5. The van der Waals surface area contributed by atoms with Crippen LogP contribution in [0.1, 0.15) is 62.6 Å². The molecule has 3 aromatic carbocycles. The van der Waals surface area contributed by atoms with Gasteiger partial charge < -0.3 is 15.0 Å². The normalized spacial score (nSPS) is 14.5. The highest BCUT2D eigenvalue weighted by Gasteiger charge is 2.33. The summed E-state index contributed by atoms with van der Waals surface area (Å²) in [6.07, 6.45) is 5.14. The molecule has 0 heterocycles. The van der Waals surface area contributed by atoms with E-state index in [1.165, 1.54) is 4.90 Å². The van der Waals surface area contributed by atoms with Gasteiger partial charge in [-0.05, 0) is 88.1 Å². The summed E-state index contributed by atoms with van der Waals surface area (Å²) >= 11 is 0. The number of nitrogens with zero attached hydrogens (tertiary/aromatic N) is 2. The van der Waals surface area contributed by atoms with Gasteiger partial charge in [0, 0.05) is 12.6 Å². The Morgan fingerprint density at radius 3 is 2.21 bits per heavy atom. The molecule has 0 aliphatic heterocycles. The Kier molecular flexibility index (Phi) is 10.9. The molecule has 43 heavy (non-hydrogen) atoms. The van der Waals surface area contributed by atoms with E-state index in [0.717, 1.165) is 53.1 Å². The number of aryl methyl sites for hydroxylation is 2. The van der Waals surface area contributed by atoms with E-state index in [1.807, 2.05) is 45.0 Å². The van der Waals surface area contributed by atoms with E-state index < -0.39 is 28.5 Å². The Morgan fingerprint density at radius 2 is 1.58 bits per heavy atom. The maximum atomic E-state index is 14.2. The fourth-order valence-corrected chi connectivity index (χ4v) is 6.78. The van der Waals surface area contributed by atoms with Gasteiger partial charge in [0.15, 0.2) is 0 Å². The van der Waals surface area contributed by atoms with E-state index in [2.05, 4.69) is 5.32 Å². The number of amides is 2. The number of anilines is 1. The van der Waals surface area contributed by atoms with Gasteiger partial charge >= 0.3 is 0 Å². The van der Waals surface area contributed by atoms with E-state index in [0.29, 0.717) is 18.0 Å². The average molecular weight is 606 g/mol. The first-order chi connectivity index (χ1) is 20.6. The van der Waals surface area contributed by atoms with Gasteiger partial charge in [-0.15, -0.1) is 0 Å². The lowest BCUT2D eigenvalue weighted by molar-refractivity contribution is -0.139. The zero-order chi connectivity index (χ0) is 31.0. The van der Waals surface area contributed by atoms with Crippen LogP contribution in [0.5, 0.6) is 5.75 Å². The maximum absolute atomic E-state index is 14.2. The summed E-state index contributed by atoms with van der Waals surface area (Å²) in [5, 5.41) is 3.14. The fraction of sp³-hybridized carbons (Fsp3) is 0.412. The molecule has 1 N–H and O–H groups in total. The number of sulfonamides is 1. The van der Waals surface area contributed by atoms with Crippen molar-refractivity contribution in [2.24, 2.45) is 0 Å². The number of hydrogen-bond donors (Lipinski definition) is 1. The number of ether oxygens (including phenoxy) is 1. The number of carbonyl (C=O) groups excluding carboxylic acids is 2. The molecule has 0 radical (unpaired) electrons. The molecule has 8 nitrogen and oxygen atoms in total. The minimum atomic E-state index is -4.13. The zero-order valence-corrected chi connectivity index (χ0v) is 26.4. The van der Waals surface area contributed by atoms with Crippen molar-refractivity contribution in [3.63, 3.8) is 0 Å². The van der Waals surface area contributed by atoms with Crippen LogP contribution in [-0.2, 0) is 26.2 Å². The molecule has 0 aromatic heterocycles. The third-order valence-corrected chi connectivity index (χ3v) is 9.83. The Hall–Kier alpha value is -3.85. The first-order valence-electron chi connectivity index (χ1n) is 15.1. The van der Waals surface area contributed by atoms with E-state index in [4.69, 9.17) is 4.74 Å². The summed E-state index contributed by atoms with van der Waals surface area (Å²) in [6.45, 7) is 7.59. The standard InChI is InChI=1S/C34H43N3O5S/c1-5-42-31-19-17-30(18-20-31)37(43(40,41)32-21-15-25(2)16-22-32)24-33(38)36(23-28-12-10-9-11-26(28)3)27(4)34(39)35-29-13-7-6-8-14-29/h9-12,15-22,27,29H,5-8,13-14,23-24H2,1-4H3,(H,35,39)/t27-/m0/s1. The summed E-state index contributed by atoms with van der Waals surface area (Å²) in [5.74, 6) is -0.110. The van der Waals surface area contributed by atoms with Crippen molar-refractivity contribution in [2.75, 3.05) is 17.5 Å². The molecule has 0 unspecified atom stereocenters. The highest BCUT2D eigenvalue weighted by atomic mass is 32.2. The van der Waals surface area contributed by atoms with Crippen LogP contribution in [0.2, 0.25) is 0 Å². The lowest BCUT2D eigenvalue weighted by Gasteiger charge is -2.33. The quantitative estimate of drug-likeness (QED) is 0.283. The smallest absolute Gasteiger partial charge is 0.264 e. The van der Waals surface area contributed by atoms with Crippen molar-refractivity contribution in [2.45, 2.75) is 83.3 Å². The van der Waals surface area contributed by atoms with Gasteiger partial charge in [-0.25, -0.2) is 8.42 Å². The summed E-state index contributed by atoms with van der Waals surface area (Å²) in [7, 11) is -4.13. The van der Waals surface area contributed by atoms with Crippen LogP contribution in [0.25, 0.3) is 0 Å². The lowest BCUT2D eigenvalue weighted by Crippen LogP contribution is -2.53. The molecule has 1 aliphatic carbocycles. The molecule has 1 fully saturated rings. The zero-order valence-electron chi connectivity index (χ0n) is 25.6. The van der Waals surface area contributed by atoms with E-state index >= 15 is 0 Å². The molecule has 2 amide bonds. The van der Waals surface area contributed by atoms with Crippen molar-refractivity contribution in [1.82, 2.24) is 10.2 Å². The lowest BCUT2D eigenvalue weighted by atomic mass is 9.95. The Morgan fingerprint density at radius 1 is 0.930 bits per heavy atom. The van der Waals surface area contributed by atoms with E-state index in [-0.39, 0.29) is 23.4 Å². The van der Waals surface area contributed by atoms with Gasteiger partial charge in [-0.1, -0.05) is 61.2 Å². The second-order valence-electron chi connectivity index (χ2n) is 11.2. The molecule has 1 atom stereocenters. The van der Waals surface area contributed by atoms with Crippen LogP contribution >= 0.6 is 0 Å². The van der Waals surface area contributed by atoms with Crippen molar-refractivity contribution < 1.29 is 22.7 Å². The van der Waals surface area contributed by atoms with Crippen LogP contribution in [0.15, 0.2) is 77.7 Å². The molecule has 230 valence electrons. The highest BCUT2D eigenvalue weighted by molar-refractivity contribution is 7.92. The van der Waals surface area contributed by atoms with Crippen molar-refractivity contribution in [1.29, 1.82) is 0 Å². The van der Waals surface area contributed by atoms with Crippen molar-refractivity contribution in [3.8, 4) is 5.75 Å². The summed E-state index contributed by atoms with van der Waals surface area (Å²) < 4.78 is 34.7. The second kappa shape index (κ2) is 14.6. The summed E-state index contributed by atoms with van der Waals surface area (Å²) in [4.78, 5) is 29.3. The molecular formula is C34H43N3O5S. The molecule has 0 spiro atoms. The molecule has 9 heteroatoms. The third-order valence-electron chi connectivity index (χ3n) is 8.04. The predicted molar refractivity (Wildman–Crippen MR) is 170 cm³/mol. The number of nitrogens with one attached hydrogen (secondary N) is 1. The monoisotopic (exact) mass is 605 g/mol. The van der Waals surface area contributed by atoms with Gasteiger partial charge in [0.05, 0.1) is 17.2 Å². The van der Waals surface area contributed by atoms with Gasteiger partial charge in [-0.2, -0.15) is 0 Å². The molecule has 1 aliphatic rings. The van der Waals surface area contributed by atoms with E-state index in [1.54, 1.807) is 55.5 Å². The third kappa shape index (κ3) is 8.16. The largest absolute Gasteiger partial charge is 0.494 e. The average Bonchev–Trinajstić information content (AvgIpc) is 3.00. The highest BCUT2D eigenvalue weighted by Crippen LogP contribution is 2.27. The van der Waals surface area contributed by atoms with Crippen molar-refractivity contribution >= 4 is 27.5 Å². The Balaban J connectivity index is 1.68. The van der Waals surface area contributed by atoms with Crippen LogP contribution < -0.4 is 14.4 Å². The summed E-state index contributed by atoms with van der Waals surface area (Å²) in [6, 6.07) is 20.2. The minimum absolute atomic E-state index is 0.0772. The molecule has 0 saturated heterocycles. The maximum Gasteiger partial charge on any atom is 0.264 e. The number of rotatable bonds is 12. The van der Waals surface area contributed by atoms with Crippen LogP contribution in [0.4, 0.5) is 5.69 Å². The molecule has 0 bridgehead atoms. The van der Waals surface area contributed by atoms with Crippen LogP contribution in [0, 0.1) is 13.8 Å². The molecule has 1 saturated carbocycles. The minimum Gasteiger partial charge on any atom is -0.494 e. The predicted octanol–water partition coefficient (Wildman–Crippen LogP) is 5.76. The van der Waals surface area contributed by atoms with Gasteiger partial charge in [0.1, 0.15) is 18.3 Å². The number of benzene rings is 3. The van der Waals surface area contributed by atoms with Gasteiger partial charge in [0.25, 0.3) is 10.0 Å². The fourth-order valence-electron chi connectivity index (χ4n) is 5.36. The van der Waals surface area contributed by atoms with Gasteiger partial charge in [0.2, 0.25) is 11.8 Å². The van der Waals surface area contributed by atoms with Gasteiger partial charge in [-0.3, -0.25) is 13.9 Å². The molecule has 3 aromatic rings. The molecular weight excluding hydrogens is 562 g/mol. The first-order valence-corrected chi connectivity index (χ1v) is 16.5. The Labute approximate surface area is 256 Å². The Bertz CT molecular complexity index is 1480. The SMILES string of the molecule is CCOc1ccc(N(CC(=O)N(Cc2ccccc2C)[C@@H](C)C(=O)NC2CCCCC2)S(=O)(=O)c2ccc(C)cc2)cc1. The number of carbonyl (C=O) groups is 2. The first kappa shape index (κ1) is 32.1. The van der Waals surface area contributed by atoms with Crippen LogP contribution in [-0.4, -0.2) is 50.4 Å². The molecule has 4 rings (SSSR count). The summed E-state index contributed by atoms with van der Waals surface area (Å²) in [5.41, 5.74) is 3.12. The van der Waals surface area contributed by atoms with E-state index in [9.17, 15) is 18.0 Å². The van der Waals surface area contributed by atoms with Crippen molar-refractivity contribution in [3.05, 3.63) is 89.5 Å². The van der Waals surface area contributed by atoms with Crippen LogP contribution in [0.3, 0.4) is 0 Å².